The van der Waals surface area contributed by atoms with Crippen LogP contribution in [0, 0.1) is 10.1 Å². The largest absolute Gasteiger partial charge is 0.502 e. The summed E-state index contributed by atoms with van der Waals surface area (Å²) in [6.45, 7) is 0.605. The van der Waals surface area contributed by atoms with Gasteiger partial charge in [0, 0.05) is 23.6 Å². The van der Waals surface area contributed by atoms with Crippen molar-refractivity contribution in [2.75, 3.05) is 5.43 Å². The monoisotopic (exact) mass is 439 g/mol. The Morgan fingerprint density at radius 3 is 2.64 bits per heavy atom. The minimum atomic E-state index is -0.660. The number of anilines is 1. The van der Waals surface area contributed by atoms with Crippen LogP contribution in [0.25, 0.3) is 22.1 Å². The van der Waals surface area contributed by atoms with E-state index in [-0.39, 0.29) is 11.5 Å². The van der Waals surface area contributed by atoms with Crippen LogP contribution in [0.4, 0.5) is 11.6 Å². The second kappa shape index (κ2) is 8.35. The number of nitrogens with zero attached hydrogens (tertiary/aromatic N) is 6. The zero-order chi connectivity index (χ0) is 22.8. The van der Waals surface area contributed by atoms with Crippen molar-refractivity contribution in [2.45, 2.75) is 6.54 Å². The van der Waals surface area contributed by atoms with Gasteiger partial charge in [-0.15, -0.1) is 10.2 Å². The van der Waals surface area contributed by atoms with Gasteiger partial charge in [-0.05, 0) is 17.7 Å². The van der Waals surface area contributed by atoms with Gasteiger partial charge in [-0.25, -0.2) is 5.43 Å². The number of aromatic hydroxyl groups is 1. The minimum Gasteiger partial charge on any atom is -0.502 e. The van der Waals surface area contributed by atoms with E-state index in [9.17, 15) is 15.2 Å². The van der Waals surface area contributed by atoms with E-state index in [0.717, 1.165) is 16.5 Å². The molecule has 0 unspecified atom stereocenters. The summed E-state index contributed by atoms with van der Waals surface area (Å²) in [4.78, 5) is 14.9. The predicted molar refractivity (Wildman–Crippen MR) is 124 cm³/mol. The van der Waals surface area contributed by atoms with Gasteiger partial charge in [0.05, 0.1) is 16.7 Å². The molecule has 0 aliphatic heterocycles. The number of nitro benzene ring substituents is 1. The molecule has 0 saturated carbocycles. The number of rotatable bonds is 6. The van der Waals surface area contributed by atoms with E-state index in [1.165, 1.54) is 24.4 Å². The van der Waals surface area contributed by atoms with E-state index in [0.29, 0.717) is 17.7 Å². The van der Waals surface area contributed by atoms with Crippen molar-refractivity contribution in [1.82, 2.24) is 19.7 Å². The Morgan fingerprint density at radius 2 is 1.82 bits per heavy atom. The van der Waals surface area contributed by atoms with Gasteiger partial charge in [-0.1, -0.05) is 54.6 Å². The summed E-state index contributed by atoms with van der Waals surface area (Å²) in [6, 6.07) is 22.1. The molecular formula is C23H17N7O3. The van der Waals surface area contributed by atoms with E-state index in [4.69, 9.17) is 0 Å². The molecule has 162 valence electrons. The number of fused-ring (bicyclic) bond motifs is 3. The summed E-state index contributed by atoms with van der Waals surface area (Å²) in [5.41, 5.74) is 5.89. The molecular weight excluding hydrogens is 422 g/mol. The van der Waals surface area contributed by atoms with Gasteiger partial charge in [0.1, 0.15) is 5.52 Å². The van der Waals surface area contributed by atoms with Crippen LogP contribution in [0.15, 0.2) is 77.9 Å². The maximum absolute atomic E-state index is 11.0. The van der Waals surface area contributed by atoms with Crippen molar-refractivity contribution < 1.29 is 10.0 Å². The Kier molecular flexibility index (Phi) is 5.07. The minimum absolute atomic E-state index is 0.154. The summed E-state index contributed by atoms with van der Waals surface area (Å²) in [7, 11) is 0. The zero-order valence-electron chi connectivity index (χ0n) is 17.2. The quantitative estimate of drug-likeness (QED) is 0.231. The molecule has 0 atom stereocenters. The Hall–Kier alpha value is -4.86. The van der Waals surface area contributed by atoms with Crippen molar-refractivity contribution in [1.29, 1.82) is 0 Å². The molecule has 2 aromatic heterocycles. The van der Waals surface area contributed by atoms with Gasteiger partial charge >= 0.3 is 5.69 Å². The van der Waals surface area contributed by atoms with Gasteiger partial charge < -0.3 is 9.67 Å². The molecule has 0 saturated heterocycles. The summed E-state index contributed by atoms with van der Waals surface area (Å²) >= 11 is 0. The average molecular weight is 439 g/mol. The van der Waals surface area contributed by atoms with Crippen LogP contribution >= 0.6 is 0 Å². The number of para-hydroxylation sites is 2. The molecule has 3 aromatic carbocycles. The number of nitro groups is 1. The third-order valence-corrected chi connectivity index (χ3v) is 5.17. The third kappa shape index (κ3) is 3.81. The first-order valence-electron chi connectivity index (χ1n) is 10.0. The normalized spacial score (nSPS) is 11.4. The lowest BCUT2D eigenvalue weighted by Crippen LogP contribution is -2.04. The molecule has 2 heterocycles. The van der Waals surface area contributed by atoms with Crippen molar-refractivity contribution in [3.05, 3.63) is 94.0 Å². The van der Waals surface area contributed by atoms with E-state index >= 15 is 0 Å². The van der Waals surface area contributed by atoms with E-state index in [1.807, 2.05) is 54.6 Å². The van der Waals surface area contributed by atoms with Crippen LogP contribution in [0.2, 0.25) is 0 Å². The number of phenolic OH excluding ortho intramolecular Hbond substituents is 1. The number of phenols is 1. The highest BCUT2D eigenvalue weighted by atomic mass is 16.6. The molecule has 0 spiro atoms. The fourth-order valence-electron chi connectivity index (χ4n) is 3.64. The highest BCUT2D eigenvalue weighted by Gasteiger charge is 2.16. The smallest absolute Gasteiger partial charge is 0.311 e. The molecule has 5 aromatic rings. The van der Waals surface area contributed by atoms with Crippen LogP contribution in [0.5, 0.6) is 5.75 Å². The topological polar surface area (TPSA) is 131 Å². The summed E-state index contributed by atoms with van der Waals surface area (Å²) in [5, 5.41) is 34.4. The first-order valence-corrected chi connectivity index (χ1v) is 10.0. The fourth-order valence-corrected chi connectivity index (χ4v) is 3.64. The Balaban J connectivity index is 1.50. The molecule has 0 amide bonds. The fraction of sp³-hybridized carbons (Fsp3) is 0.0435. The zero-order valence-corrected chi connectivity index (χ0v) is 17.2. The number of nitrogens with one attached hydrogen (secondary N) is 1. The van der Waals surface area contributed by atoms with E-state index in [1.54, 1.807) is 0 Å². The summed E-state index contributed by atoms with van der Waals surface area (Å²) in [6.07, 6.45) is 1.26. The predicted octanol–water partition coefficient (Wildman–Crippen LogP) is 4.09. The molecule has 10 heteroatoms. The van der Waals surface area contributed by atoms with Crippen LogP contribution in [-0.4, -0.2) is 36.0 Å². The van der Waals surface area contributed by atoms with Crippen LogP contribution in [0.3, 0.4) is 0 Å². The number of aromatic nitrogens is 4. The maximum atomic E-state index is 11.0. The van der Waals surface area contributed by atoms with Crippen molar-refractivity contribution >= 4 is 39.9 Å². The van der Waals surface area contributed by atoms with Crippen molar-refractivity contribution in [2.24, 2.45) is 5.10 Å². The molecule has 0 radical (unpaired) electrons. The second-order valence-electron chi connectivity index (χ2n) is 7.24. The van der Waals surface area contributed by atoms with Crippen LogP contribution in [-0.2, 0) is 6.54 Å². The lowest BCUT2D eigenvalue weighted by molar-refractivity contribution is -0.385. The Morgan fingerprint density at radius 1 is 1.03 bits per heavy atom. The van der Waals surface area contributed by atoms with Gasteiger partial charge in [-0.3, -0.25) is 10.1 Å². The van der Waals surface area contributed by atoms with Gasteiger partial charge in [0.15, 0.2) is 5.65 Å². The lowest BCUT2D eigenvalue weighted by atomic mass is 10.2. The number of hydrazone groups is 1. The van der Waals surface area contributed by atoms with Gasteiger partial charge in [0.25, 0.3) is 5.95 Å². The average Bonchev–Trinajstić information content (AvgIpc) is 3.14. The summed E-state index contributed by atoms with van der Waals surface area (Å²) in [5.74, 6) is -0.314. The molecule has 0 aliphatic carbocycles. The molecule has 0 fully saturated rings. The van der Waals surface area contributed by atoms with Crippen LogP contribution < -0.4 is 5.43 Å². The number of benzene rings is 3. The number of hydrogen-bond donors (Lipinski definition) is 2. The van der Waals surface area contributed by atoms with Crippen molar-refractivity contribution in [3.63, 3.8) is 0 Å². The first-order chi connectivity index (χ1) is 16.1. The molecule has 2 N–H and O–H groups in total. The van der Waals surface area contributed by atoms with E-state index < -0.39 is 16.4 Å². The van der Waals surface area contributed by atoms with E-state index in [2.05, 4.69) is 30.3 Å². The Bertz CT molecular complexity index is 1510. The van der Waals surface area contributed by atoms with Gasteiger partial charge in [0.2, 0.25) is 5.75 Å². The standard InChI is InChI=1S/C23H17N7O3/c31-21-16(9-6-12-19(21)30(32)33)13-24-27-23-25-22-20(26-28-23)17-10-4-5-11-18(17)29(22)14-15-7-2-1-3-8-15/h1-13,31H,14H2,(H,25,27,28)/b24-13+. The highest BCUT2D eigenvalue weighted by Crippen LogP contribution is 2.29. The van der Waals surface area contributed by atoms with Gasteiger partial charge in [-0.2, -0.15) is 10.1 Å². The molecule has 0 bridgehead atoms. The number of hydrogen-bond acceptors (Lipinski definition) is 8. The SMILES string of the molecule is O=[N+]([O-])c1cccc(/C=N/Nc2nnc3c4ccccc4n(Cc4ccccc4)c3n2)c1O. The molecule has 10 nitrogen and oxygen atoms in total. The van der Waals surface area contributed by atoms with Crippen LogP contribution in [0.1, 0.15) is 11.1 Å². The highest BCUT2D eigenvalue weighted by molar-refractivity contribution is 6.04. The molecule has 0 aliphatic rings. The van der Waals surface area contributed by atoms with Crippen molar-refractivity contribution in [3.8, 4) is 5.75 Å². The molecule has 5 rings (SSSR count). The first kappa shape index (κ1) is 20.1. The maximum Gasteiger partial charge on any atom is 0.311 e. The summed E-state index contributed by atoms with van der Waals surface area (Å²) < 4.78 is 2.07. The second-order valence-corrected chi connectivity index (χ2v) is 7.24. The lowest BCUT2D eigenvalue weighted by Gasteiger charge is -2.07. The Labute approximate surface area is 187 Å². The third-order valence-electron chi connectivity index (χ3n) is 5.17. The molecule has 33 heavy (non-hydrogen) atoms.